The van der Waals surface area contributed by atoms with E-state index in [9.17, 15) is 9.59 Å². The molecule has 23 heavy (non-hydrogen) atoms. The first-order valence-electron chi connectivity index (χ1n) is 7.41. The van der Waals surface area contributed by atoms with Crippen molar-refractivity contribution in [3.05, 3.63) is 65.0 Å². The summed E-state index contributed by atoms with van der Waals surface area (Å²) in [5.74, 6) is -0.474. The fourth-order valence-electron chi connectivity index (χ4n) is 3.02. The van der Waals surface area contributed by atoms with Gasteiger partial charge in [-0.05, 0) is 30.7 Å². The van der Waals surface area contributed by atoms with Gasteiger partial charge in [-0.15, -0.1) is 5.10 Å². The van der Waals surface area contributed by atoms with Crippen LogP contribution in [0.3, 0.4) is 0 Å². The molecular weight excluding hydrogens is 292 g/mol. The van der Waals surface area contributed by atoms with Crippen molar-refractivity contribution in [1.82, 2.24) is 19.7 Å². The van der Waals surface area contributed by atoms with E-state index in [-0.39, 0.29) is 11.8 Å². The van der Waals surface area contributed by atoms with Crippen molar-refractivity contribution in [2.45, 2.75) is 13.3 Å². The first kappa shape index (κ1) is 13.6. The third kappa shape index (κ3) is 2.03. The summed E-state index contributed by atoms with van der Waals surface area (Å²) in [7, 11) is 0. The number of carbonyl (C=O) groups is 2. The van der Waals surface area contributed by atoms with E-state index in [1.165, 1.54) is 4.90 Å². The van der Waals surface area contributed by atoms with Gasteiger partial charge in [0.25, 0.3) is 11.8 Å². The van der Waals surface area contributed by atoms with E-state index in [4.69, 9.17) is 0 Å². The number of nitrogens with zero attached hydrogens (tertiary/aromatic N) is 4. The van der Waals surface area contributed by atoms with Crippen LogP contribution in [0.1, 0.15) is 32.0 Å². The minimum atomic E-state index is -0.237. The summed E-state index contributed by atoms with van der Waals surface area (Å²) in [4.78, 5) is 26.0. The largest absolute Gasteiger partial charge is 0.274 e. The van der Waals surface area contributed by atoms with Gasteiger partial charge in [0.2, 0.25) is 0 Å². The number of fused-ring (bicyclic) bond motifs is 2. The van der Waals surface area contributed by atoms with Crippen LogP contribution in [-0.2, 0) is 6.42 Å². The molecule has 0 atom stereocenters. The van der Waals surface area contributed by atoms with Gasteiger partial charge in [0, 0.05) is 19.2 Å². The van der Waals surface area contributed by atoms with E-state index >= 15 is 0 Å². The molecule has 0 spiro atoms. The Hall–Kier alpha value is -3.02. The lowest BCUT2D eigenvalue weighted by molar-refractivity contribution is 0.0656. The highest BCUT2D eigenvalue weighted by Crippen LogP contribution is 2.23. The molecule has 3 aromatic rings. The molecule has 1 aliphatic heterocycles. The summed E-state index contributed by atoms with van der Waals surface area (Å²) in [6.07, 6.45) is 2.32. The van der Waals surface area contributed by atoms with Crippen LogP contribution in [0.4, 0.5) is 0 Å². The molecular formula is C17H14N4O2. The zero-order valence-corrected chi connectivity index (χ0v) is 12.6. The van der Waals surface area contributed by atoms with Gasteiger partial charge < -0.3 is 0 Å². The number of imide groups is 1. The zero-order chi connectivity index (χ0) is 16.0. The second-order valence-electron chi connectivity index (χ2n) is 5.58. The van der Waals surface area contributed by atoms with E-state index in [2.05, 4.69) is 10.3 Å². The van der Waals surface area contributed by atoms with Crippen LogP contribution < -0.4 is 0 Å². The zero-order valence-electron chi connectivity index (χ0n) is 12.6. The standard InChI is InChI=1S/C17H14N4O2/c1-11-5-4-9-21-15(11)14(18-19-21)8-10-20-16(22)12-6-2-3-7-13(12)17(20)23/h2-7,9H,8,10H2,1H3. The number of pyridine rings is 1. The molecule has 0 radical (unpaired) electrons. The molecule has 0 saturated heterocycles. The van der Waals surface area contributed by atoms with E-state index in [0.717, 1.165) is 16.8 Å². The molecule has 0 saturated carbocycles. The maximum Gasteiger partial charge on any atom is 0.261 e. The van der Waals surface area contributed by atoms with Crippen LogP contribution in [0.5, 0.6) is 0 Å². The highest BCUT2D eigenvalue weighted by molar-refractivity contribution is 6.21. The number of rotatable bonds is 3. The average molecular weight is 306 g/mol. The van der Waals surface area contributed by atoms with Gasteiger partial charge in [-0.25, -0.2) is 4.52 Å². The highest BCUT2D eigenvalue weighted by atomic mass is 16.2. The number of amides is 2. The molecule has 0 unspecified atom stereocenters. The van der Waals surface area contributed by atoms with Crippen molar-refractivity contribution in [3.8, 4) is 0 Å². The van der Waals surface area contributed by atoms with E-state index in [0.29, 0.717) is 24.1 Å². The van der Waals surface area contributed by atoms with Gasteiger partial charge in [-0.2, -0.15) is 0 Å². The van der Waals surface area contributed by atoms with Crippen LogP contribution in [-0.4, -0.2) is 38.1 Å². The SMILES string of the molecule is Cc1cccn2nnc(CCN3C(=O)c4ccccc4C3=O)c12. The molecule has 4 rings (SSSR count). The van der Waals surface area contributed by atoms with Crippen LogP contribution in [0.25, 0.3) is 5.52 Å². The molecule has 6 heteroatoms. The van der Waals surface area contributed by atoms with Crippen molar-refractivity contribution in [1.29, 1.82) is 0 Å². The third-order valence-electron chi connectivity index (χ3n) is 4.16. The summed E-state index contributed by atoms with van der Waals surface area (Å²) in [5.41, 5.74) is 3.74. The van der Waals surface area contributed by atoms with E-state index < -0.39 is 0 Å². The smallest absolute Gasteiger partial charge is 0.261 e. The van der Waals surface area contributed by atoms with Crippen LogP contribution >= 0.6 is 0 Å². The van der Waals surface area contributed by atoms with Gasteiger partial charge in [-0.1, -0.05) is 23.4 Å². The predicted molar refractivity (Wildman–Crippen MR) is 83.2 cm³/mol. The minimum absolute atomic E-state index is 0.237. The average Bonchev–Trinajstić information content (AvgIpc) is 3.08. The molecule has 2 amide bonds. The Morgan fingerprint density at radius 3 is 2.39 bits per heavy atom. The molecule has 1 aliphatic rings. The van der Waals surface area contributed by atoms with Crippen LogP contribution in [0, 0.1) is 6.92 Å². The Morgan fingerprint density at radius 2 is 1.70 bits per heavy atom. The topological polar surface area (TPSA) is 67.6 Å². The number of aromatic nitrogens is 3. The van der Waals surface area contributed by atoms with E-state index in [1.807, 2.05) is 25.3 Å². The van der Waals surface area contributed by atoms with Gasteiger partial charge in [0.1, 0.15) is 0 Å². The summed E-state index contributed by atoms with van der Waals surface area (Å²) in [5, 5.41) is 8.26. The lowest BCUT2D eigenvalue weighted by Crippen LogP contribution is -2.31. The highest BCUT2D eigenvalue weighted by Gasteiger charge is 2.34. The fraction of sp³-hybridized carbons (Fsp3) is 0.176. The minimum Gasteiger partial charge on any atom is -0.274 e. The number of benzene rings is 1. The van der Waals surface area contributed by atoms with E-state index in [1.54, 1.807) is 28.8 Å². The first-order valence-corrected chi connectivity index (χ1v) is 7.41. The molecule has 3 heterocycles. The lowest BCUT2D eigenvalue weighted by atomic mass is 10.1. The predicted octanol–water partition coefficient (Wildman–Crippen LogP) is 1.88. The summed E-state index contributed by atoms with van der Waals surface area (Å²) >= 11 is 0. The Bertz CT molecular complexity index is 910. The third-order valence-corrected chi connectivity index (χ3v) is 4.16. The molecule has 6 nitrogen and oxygen atoms in total. The van der Waals surface area contributed by atoms with Crippen molar-refractivity contribution in [3.63, 3.8) is 0 Å². The van der Waals surface area contributed by atoms with Gasteiger partial charge in [-0.3, -0.25) is 14.5 Å². The number of carbonyl (C=O) groups excluding carboxylic acids is 2. The monoisotopic (exact) mass is 306 g/mol. The van der Waals surface area contributed by atoms with Crippen molar-refractivity contribution >= 4 is 17.3 Å². The quantitative estimate of drug-likeness (QED) is 0.693. The molecule has 0 fully saturated rings. The van der Waals surface area contributed by atoms with Crippen molar-refractivity contribution in [2.75, 3.05) is 6.54 Å². The number of hydrogen-bond donors (Lipinski definition) is 0. The Kier molecular flexibility index (Phi) is 2.97. The molecule has 114 valence electrons. The first-order chi connectivity index (χ1) is 11.2. The summed E-state index contributed by atoms with van der Waals surface area (Å²) in [6, 6.07) is 10.8. The summed E-state index contributed by atoms with van der Waals surface area (Å²) < 4.78 is 1.72. The molecule has 0 bridgehead atoms. The number of hydrogen-bond acceptors (Lipinski definition) is 4. The van der Waals surface area contributed by atoms with Gasteiger partial charge >= 0.3 is 0 Å². The molecule has 2 aromatic heterocycles. The Balaban J connectivity index is 1.60. The van der Waals surface area contributed by atoms with Gasteiger partial charge in [0.15, 0.2) is 0 Å². The maximum absolute atomic E-state index is 12.4. The van der Waals surface area contributed by atoms with Crippen LogP contribution in [0.15, 0.2) is 42.6 Å². The maximum atomic E-state index is 12.4. The van der Waals surface area contributed by atoms with Crippen molar-refractivity contribution in [2.24, 2.45) is 0 Å². The Labute approximate surface area is 132 Å². The normalized spacial score (nSPS) is 13.9. The fourth-order valence-corrected chi connectivity index (χ4v) is 3.02. The molecule has 0 N–H and O–H groups in total. The second-order valence-corrected chi connectivity index (χ2v) is 5.58. The Morgan fingerprint density at radius 1 is 1.00 bits per heavy atom. The van der Waals surface area contributed by atoms with Gasteiger partial charge in [0.05, 0.1) is 22.3 Å². The molecule has 0 aliphatic carbocycles. The number of aryl methyl sites for hydroxylation is 1. The lowest BCUT2D eigenvalue weighted by Gasteiger charge is -2.12. The van der Waals surface area contributed by atoms with Crippen molar-refractivity contribution < 1.29 is 9.59 Å². The van der Waals surface area contributed by atoms with Crippen LogP contribution in [0.2, 0.25) is 0 Å². The molecule has 1 aromatic carbocycles. The second kappa shape index (κ2) is 5.01. The summed E-state index contributed by atoms with van der Waals surface area (Å²) in [6.45, 7) is 2.29.